The Hall–Kier alpha value is -3.34. The Labute approximate surface area is 132 Å². The summed E-state index contributed by atoms with van der Waals surface area (Å²) in [6.07, 6.45) is 2.42. The van der Waals surface area contributed by atoms with Crippen LogP contribution in [0, 0.1) is 21.4 Å². The fourth-order valence-corrected chi connectivity index (χ4v) is 1.58. The summed E-state index contributed by atoms with van der Waals surface area (Å²) >= 11 is 0. The third kappa shape index (κ3) is 5.17. The highest BCUT2D eigenvalue weighted by molar-refractivity contribution is 5.98. The van der Waals surface area contributed by atoms with E-state index < -0.39 is 10.9 Å². The molecule has 0 atom stereocenters. The minimum absolute atomic E-state index is 0.158. The van der Waals surface area contributed by atoms with Crippen LogP contribution in [0.25, 0.3) is 6.08 Å². The molecule has 0 amide bonds. The monoisotopic (exact) mass is 318 g/mol. The molecular weight excluding hydrogens is 304 g/mol. The van der Waals surface area contributed by atoms with Crippen LogP contribution in [0.3, 0.4) is 0 Å². The van der Waals surface area contributed by atoms with Gasteiger partial charge in [0.05, 0.1) is 18.3 Å². The van der Waals surface area contributed by atoms with E-state index in [1.54, 1.807) is 6.07 Å². The van der Waals surface area contributed by atoms with Gasteiger partial charge in [-0.15, -0.1) is 0 Å². The molecule has 120 valence electrons. The molecule has 0 radical (unpaired) electrons. The van der Waals surface area contributed by atoms with Crippen LogP contribution < -0.4 is 4.74 Å². The van der Waals surface area contributed by atoms with Crippen molar-refractivity contribution >= 4 is 17.7 Å². The third-order valence-corrected chi connectivity index (χ3v) is 2.61. The second kappa shape index (κ2) is 8.84. The quantitative estimate of drug-likeness (QED) is 0.137. The van der Waals surface area contributed by atoms with E-state index >= 15 is 0 Å². The van der Waals surface area contributed by atoms with Crippen molar-refractivity contribution in [1.29, 1.82) is 5.26 Å². The van der Waals surface area contributed by atoms with Gasteiger partial charge in [0.15, 0.2) is 0 Å². The highest BCUT2D eigenvalue weighted by Crippen LogP contribution is 2.26. The Bertz CT molecular complexity index is 675. The number of nitro groups is 1. The summed E-state index contributed by atoms with van der Waals surface area (Å²) in [5, 5.41) is 19.8. The first-order valence-corrected chi connectivity index (χ1v) is 6.37. The Morgan fingerprint density at radius 2 is 2.22 bits per heavy atom. The van der Waals surface area contributed by atoms with Gasteiger partial charge >= 0.3 is 5.97 Å². The van der Waals surface area contributed by atoms with E-state index in [0.717, 1.165) is 7.11 Å². The van der Waals surface area contributed by atoms with Crippen LogP contribution in [0.1, 0.15) is 5.56 Å². The molecule has 8 heteroatoms. The second-order valence-electron chi connectivity index (χ2n) is 4.03. The Kier molecular flexibility index (Phi) is 6.81. The van der Waals surface area contributed by atoms with Gasteiger partial charge in [-0.3, -0.25) is 10.1 Å². The van der Waals surface area contributed by atoms with Crippen LogP contribution in [-0.2, 0) is 14.3 Å². The van der Waals surface area contributed by atoms with Gasteiger partial charge in [0.2, 0.25) is 0 Å². The molecule has 0 N–H and O–H groups in total. The number of nitrogens with zero attached hydrogens (tertiary/aromatic N) is 2. The van der Waals surface area contributed by atoms with Gasteiger partial charge < -0.3 is 14.2 Å². The number of nitriles is 1. The lowest BCUT2D eigenvalue weighted by atomic mass is 10.1. The molecule has 1 aromatic carbocycles. The second-order valence-corrected chi connectivity index (χ2v) is 4.03. The summed E-state index contributed by atoms with van der Waals surface area (Å²) in [6.45, 7) is 3.77. The van der Waals surface area contributed by atoms with Crippen LogP contribution in [0.5, 0.6) is 5.75 Å². The van der Waals surface area contributed by atoms with Crippen molar-refractivity contribution in [2.75, 3.05) is 20.3 Å². The van der Waals surface area contributed by atoms with Crippen molar-refractivity contribution in [3.63, 3.8) is 0 Å². The molecular formula is C15H14N2O6. The lowest BCUT2D eigenvalue weighted by Crippen LogP contribution is -2.06. The zero-order valence-electron chi connectivity index (χ0n) is 12.4. The summed E-state index contributed by atoms with van der Waals surface area (Å²) in [6, 6.07) is 5.51. The molecule has 0 heterocycles. The lowest BCUT2D eigenvalue weighted by Gasteiger charge is -2.09. The molecule has 0 spiro atoms. The number of benzene rings is 1. The van der Waals surface area contributed by atoms with Gasteiger partial charge in [-0.1, -0.05) is 6.58 Å². The number of hydrogen-bond acceptors (Lipinski definition) is 7. The average molecular weight is 318 g/mol. The van der Waals surface area contributed by atoms with E-state index in [0.29, 0.717) is 0 Å². The highest BCUT2D eigenvalue weighted by atomic mass is 16.6. The van der Waals surface area contributed by atoms with E-state index in [1.807, 2.05) is 0 Å². The summed E-state index contributed by atoms with van der Waals surface area (Å²) in [5.41, 5.74) is -0.298. The van der Waals surface area contributed by atoms with Gasteiger partial charge in [0.25, 0.3) is 5.69 Å². The molecule has 1 rings (SSSR count). The normalized spacial score (nSPS) is 10.3. The van der Waals surface area contributed by atoms with Crippen molar-refractivity contribution in [1.82, 2.24) is 0 Å². The predicted molar refractivity (Wildman–Crippen MR) is 80.3 cm³/mol. The number of non-ortho nitro benzene ring substituents is 1. The van der Waals surface area contributed by atoms with E-state index in [9.17, 15) is 14.9 Å². The molecule has 0 bridgehead atoms. The largest absolute Gasteiger partial charge is 0.498 e. The maximum atomic E-state index is 11.5. The van der Waals surface area contributed by atoms with Gasteiger partial charge in [-0.05, 0) is 12.1 Å². The molecule has 0 aliphatic carbocycles. The van der Waals surface area contributed by atoms with E-state index in [2.05, 4.69) is 11.3 Å². The van der Waals surface area contributed by atoms with Crippen LogP contribution in [0.15, 0.2) is 36.6 Å². The third-order valence-electron chi connectivity index (χ3n) is 2.61. The molecule has 0 aliphatic heterocycles. The zero-order valence-corrected chi connectivity index (χ0v) is 12.4. The van der Waals surface area contributed by atoms with Gasteiger partial charge in [-0.2, -0.15) is 5.26 Å². The van der Waals surface area contributed by atoms with Gasteiger partial charge in [-0.25, -0.2) is 4.79 Å². The number of methoxy groups -OCH3 is 1. The van der Waals surface area contributed by atoms with Crippen LogP contribution in [0.4, 0.5) is 5.69 Å². The van der Waals surface area contributed by atoms with Crippen molar-refractivity contribution in [3.8, 4) is 11.8 Å². The van der Waals surface area contributed by atoms with Crippen molar-refractivity contribution in [2.24, 2.45) is 0 Å². The number of carbonyl (C=O) groups excluding carboxylic acids is 1. The van der Waals surface area contributed by atoms with E-state index in [4.69, 9.17) is 14.7 Å². The number of carbonyl (C=O) groups is 1. The van der Waals surface area contributed by atoms with Crippen LogP contribution in [-0.4, -0.2) is 31.2 Å². The lowest BCUT2D eigenvalue weighted by molar-refractivity contribution is -0.384. The summed E-state index contributed by atoms with van der Waals surface area (Å²) in [4.78, 5) is 21.7. The molecule has 0 fully saturated rings. The van der Waals surface area contributed by atoms with Crippen LogP contribution in [0.2, 0.25) is 0 Å². The fourth-order valence-electron chi connectivity index (χ4n) is 1.58. The molecule has 23 heavy (non-hydrogen) atoms. The first-order chi connectivity index (χ1) is 11.0. The Balaban J connectivity index is 3.18. The minimum Gasteiger partial charge on any atom is -0.498 e. The fraction of sp³-hybridized carbons (Fsp3) is 0.200. The first-order valence-electron chi connectivity index (χ1n) is 6.37. The molecule has 0 aliphatic rings. The number of rotatable bonds is 8. The Morgan fingerprint density at radius 1 is 1.48 bits per heavy atom. The van der Waals surface area contributed by atoms with E-state index in [1.165, 1.54) is 30.5 Å². The number of hydrogen-bond donors (Lipinski definition) is 0. The zero-order chi connectivity index (χ0) is 17.2. The predicted octanol–water partition coefficient (Wildman–Crippen LogP) is 2.21. The maximum absolute atomic E-state index is 11.5. The molecule has 0 unspecified atom stereocenters. The number of esters is 1. The topological polar surface area (TPSA) is 112 Å². The molecule has 0 saturated heterocycles. The smallest absolute Gasteiger partial charge is 0.348 e. The van der Waals surface area contributed by atoms with Crippen molar-refractivity contribution < 1.29 is 23.9 Å². The van der Waals surface area contributed by atoms with Crippen LogP contribution >= 0.6 is 0 Å². The summed E-state index contributed by atoms with van der Waals surface area (Å²) in [5.74, 6) is -0.583. The maximum Gasteiger partial charge on any atom is 0.348 e. The highest BCUT2D eigenvalue weighted by Gasteiger charge is 2.14. The summed E-state index contributed by atoms with van der Waals surface area (Å²) < 4.78 is 14.8. The van der Waals surface area contributed by atoms with Gasteiger partial charge in [0, 0.05) is 17.7 Å². The van der Waals surface area contributed by atoms with Crippen molar-refractivity contribution in [2.45, 2.75) is 0 Å². The number of ether oxygens (including phenoxy) is 3. The molecule has 0 aromatic heterocycles. The van der Waals surface area contributed by atoms with E-state index in [-0.39, 0.29) is 35.8 Å². The average Bonchev–Trinajstić information content (AvgIpc) is 2.56. The SMILES string of the molecule is C=COCCOc1ccc([N+](=O)[O-])cc1/C=C(\C#N)C(=O)OC. The Morgan fingerprint density at radius 3 is 2.78 bits per heavy atom. The van der Waals surface area contributed by atoms with Crippen molar-refractivity contribution in [3.05, 3.63) is 52.3 Å². The molecule has 0 saturated carbocycles. The first kappa shape index (κ1) is 17.7. The standard InChI is InChI=1S/C15H14N2O6/c1-3-22-6-7-23-14-5-4-13(17(19)20)9-11(14)8-12(10-16)15(18)21-2/h3-5,8-9H,1,6-7H2,2H3/b12-8+. The van der Waals surface area contributed by atoms with Gasteiger partial charge in [0.1, 0.15) is 30.6 Å². The molecule has 8 nitrogen and oxygen atoms in total. The molecule has 1 aromatic rings. The summed E-state index contributed by atoms with van der Waals surface area (Å²) in [7, 11) is 1.13. The minimum atomic E-state index is -0.847. The number of nitro benzene ring substituents is 1.